The maximum Gasteiger partial charge on any atom is 0.216 e. The highest BCUT2D eigenvalue weighted by molar-refractivity contribution is 5.37. The normalized spacial score (nSPS) is 11.3. The van der Waals surface area contributed by atoms with Gasteiger partial charge in [-0.2, -0.15) is 14.6 Å². The van der Waals surface area contributed by atoms with Gasteiger partial charge in [0.15, 0.2) is 0 Å². The molecule has 0 aliphatic carbocycles. The summed E-state index contributed by atoms with van der Waals surface area (Å²) in [4.78, 5) is 0. The summed E-state index contributed by atoms with van der Waals surface area (Å²) < 4.78 is 17.0. The molecule has 110 valence electrons. The molecule has 0 amide bonds. The Balaban J connectivity index is 2.07. The minimum atomic E-state index is -0.298. The second-order valence-electron chi connectivity index (χ2n) is 5.58. The largest absolute Gasteiger partial charge is 0.364 e. The summed E-state index contributed by atoms with van der Waals surface area (Å²) in [7, 11) is 1.60. The van der Waals surface area contributed by atoms with Crippen molar-refractivity contribution in [2.24, 2.45) is 13.0 Å². The van der Waals surface area contributed by atoms with Gasteiger partial charge in [-0.05, 0) is 19.8 Å². The number of rotatable bonds is 5. The molecule has 0 saturated carbocycles. The number of nitrogens with zero attached hydrogens (tertiary/aromatic N) is 4. The van der Waals surface area contributed by atoms with Crippen LogP contribution in [0.4, 0.5) is 10.2 Å². The van der Waals surface area contributed by atoms with Crippen molar-refractivity contribution < 1.29 is 4.39 Å². The molecule has 5 nitrogen and oxygen atoms in total. The maximum absolute atomic E-state index is 13.8. The van der Waals surface area contributed by atoms with Crippen molar-refractivity contribution in [1.29, 1.82) is 0 Å². The Bertz CT molecular complexity index is 597. The molecule has 2 aromatic heterocycles. The minimum Gasteiger partial charge on any atom is -0.364 e. The van der Waals surface area contributed by atoms with Crippen LogP contribution >= 0.6 is 0 Å². The Morgan fingerprint density at radius 3 is 2.55 bits per heavy atom. The van der Waals surface area contributed by atoms with Crippen LogP contribution in [0.3, 0.4) is 0 Å². The average molecular weight is 279 g/mol. The molecule has 1 N–H and O–H groups in total. The Kier molecular flexibility index (Phi) is 4.11. The van der Waals surface area contributed by atoms with E-state index < -0.39 is 0 Å². The molecule has 2 heterocycles. The first-order valence-electron chi connectivity index (χ1n) is 6.84. The maximum atomic E-state index is 13.8. The fourth-order valence-electron chi connectivity index (χ4n) is 2.18. The number of hydrogen-bond acceptors (Lipinski definition) is 3. The molecular weight excluding hydrogens is 257 g/mol. The van der Waals surface area contributed by atoms with Crippen molar-refractivity contribution in [2.45, 2.75) is 40.8 Å². The van der Waals surface area contributed by atoms with Crippen LogP contribution in [0, 0.1) is 25.7 Å². The Hall–Kier alpha value is -1.85. The summed E-state index contributed by atoms with van der Waals surface area (Å²) >= 11 is 0. The number of aryl methyl sites for hydroxylation is 3. The SMILES string of the molecule is Cc1nn(C)c(F)c1CNc1cc(C)n(CC(C)C)n1. The molecule has 2 aromatic rings. The fourth-order valence-corrected chi connectivity index (χ4v) is 2.18. The van der Waals surface area contributed by atoms with Crippen LogP contribution in [0.15, 0.2) is 6.07 Å². The van der Waals surface area contributed by atoms with E-state index in [1.54, 1.807) is 7.05 Å². The smallest absolute Gasteiger partial charge is 0.216 e. The first-order chi connectivity index (χ1) is 9.38. The topological polar surface area (TPSA) is 47.7 Å². The van der Waals surface area contributed by atoms with Gasteiger partial charge in [0.1, 0.15) is 5.82 Å². The van der Waals surface area contributed by atoms with Crippen LogP contribution in [-0.2, 0) is 20.1 Å². The van der Waals surface area contributed by atoms with Gasteiger partial charge in [0.2, 0.25) is 5.95 Å². The molecule has 0 unspecified atom stereocenters. The second-order valence-corrected chi connectivity index (χ2v) is 5.58. The third kappa shape index (κ3) is 3.00. The van der Waals surface area contributed by atoms with Gasteiger partial charge in [-0.15, -0.1) is 0 Å². The van der Waals surface area contributed by atoms with Gasteiger partial charge >= 0.3 is 0 Å². The third-order valence-corrected chi connectivity index (χ3v) is 3.24. The third-order valence-electron chi connectivity index (χ3n) is 3.24. The zero-order valence-corrected chi connectivity index (χ0v) is 12.7. The number of nitrogens with one attached hydrogen (secondary N) is 1. The average Bonchev–Trinajstić information content (AvgIpc) is 2.79. The summed E-state index contributed by atoms with van der Waals surface area (Å²) in [6, 6.07) is 1.98. The van der Waals surface area contributed by atoms with Gasteiger partial charge < -0.3 is 5.32 Å². The lowest BCUT2D eigenvalue weighted by atomic mass is 10.2. The van der Waals surface area contributed by atoms with Crippen LogP contribution in [0.25, 0.3) is 0 Å². The molecule has 0 fully saturated rings. The molecule has 0 saturated heterocycles. The highest BCUT2D eigenvalue weighted by Gasteiger charge is 2.13. The van der Waals surface area contributed by atoms with Gasteiger partial charge in [0, 0.05) is 37.5 Å². The lowest BCUT2D eigenvalue weighted by Gasteiger charge is -2.06. The van der Waals surface area contributed by atoms with Crippen LogP contribution in [0.5, 0.6) is 0 Å². The van der Waals surface area contributed by atoms with E-state index in [1.807, 2.05) is 24.6 Å². The zero-order chi connectivity index (χ0) is 14.9. The number of anilines is 1. The van der Waals surface area contributed by atoms with Crippen molar-refractivity contribution in [3.05, 3.63) is 29.0 Å². The predicted molar refractivity (Wildman–Crippen MR) is 77.0 cm³/mol. The van der Waals surface area contributed by atoms with Gasteiger partial charge in [-0.25, -0.2) is 4.68 Å². The molecule has 0 atom stereocenters. The van der Waals surface area contributed by atoms with Crippen molar-refractivity contribution >= 4 is 5.82 Å². The molecule has 20 heavy (non-hydrogen) atoms. The summed E-state index contributed by atoms with van der Waals surface area (Å²) in [6.45, 7) is 9.42. The van der Waals surface area contributed by atoms with Crippen LogP contribution in [0.1, 0.15) is 30.8 Å². The monoisotopic (exact) mass is 279 g/mol. The number of halogens is 1. The molecule has 2 rings (SSSR count). The molecule has 0 aromatic carbocycles. The van der Waals surface area contributed by atoms with Crippen molar-refractivity contribution in [2.75, 3.05) is 5.32 Å². The Morgan fingerprint density at radius 1 is 1.30 bits per heavy atom. The summed E-state index contributed by atoms with van der Waals surface area (Å²) in [5.74, 6) is 1.01. The number of aromatic nitrogens is 4. The van der Waals surface area contributed by atoms with E-state index >= 15 is 0 Å². The fraction of sp³-hybridized carbons (Fsp3) is 0.571. The van der Waals surface area contributed by atoms with Gasteiger partial charge in [0.05, 0.1) is 5.69 Å². The molecule has 0 aliphatic heterocycles. The first-order valence-corrected chi connectivity index (χ1v) is 6.84. The highest BCUT2D eigenvalue weighted by Crippen LogP contribution is 2.15. The molecule has 0 bridgehead atoms. The summed E-state index contributed by atoms with van der Waals surface area (Å²) in [5, 5.41) is 11.7. The van der Waals surface area contributed by atoms with Gasteiger partial charge in [-0.3, -0.25) is 4.68 Å². The first kappa shape index (κ1) is 14.6. The number of hydrogen-bond donors (Lipinski definition) is 1. The van der Waals surface area contributed by atoms with Crippen LogP contribution in [0.2, 0.25) is 0 Å². The molecule has 0 aliphatic rings. The van der Waals surface area contributed by atoms with E-state index in [4.69, 9.17) is 0 Å². The lowest BCUT2D eigenvalue weighted by molar-refractivity contribution is 0.475. The van der Waals surface area contributed by atoms with E-state index in [0.29, 0.717) is 23.7 Å². The predicted octanol–water partition coefficient (Wildman–Crippen LogP) is 2.64. The quantitative estimate of drug-likeness (QED) is 0.915. The van der Waals surface area contributed by atoms with Crippen molar-refractivity contribution in [3.8, 4) is 0 Å². The highest BCUT2D eigenvalue weighted by atomic mass is 19.1. The Morgan fingerprint density at radius 2 is 2.00 bits per heavy atom. The Labute approximate surface area is 118 Å². The zero-order valence-electron chi connectivity index (χ0n) is 12.7. The van der Waals surface area contributed by atoms with Crippen LogP contribution in [-0.4, -0.2) is 19.6 Å². The minimum absolute atomic E-state index is 0.298. The molecule has 6 heteroatoms. The van der Waals surface area contributed by atoms with E-state index in [2.05, 4.69) is 29.4 Å². The molecule has 0 spiro atoms. The van der Waals surface area contributed by atoms with E-state index in [1.165, 1.54) is 4.68 Å². The summed E-state index contributed by atoms with van der Waals surface area (Å²) in [6.07, 6.45) is 0. The van der Waals surface area contributed by atoms with Crippen LogP contribution < -0.4 is 5.32 Å². The lowest BCUT2D eigenvalue weighted by Crippen LogP contribution is -2.08. The van der Waals surface area contributed by atoms with E-state index in [-0.39, 0.29) is 5.95 Å². The molecular formula is C14H22FN5. The standard InChI is InChI=1S/C14H22FN5/c1-9(2)8-20-10(3)6-13(18-20)16-7-12-11(4)17-19(5)14(12)15/h6,9H,7-8H2,1-5H3,(H,16,18). The molecule has 0 radical (unpaired) electrons. The second kappa shape index (κ2) is 5.64. The van der Waals surface area contributed by atoms with Crippen molar-refractivity contribution in [1.82, 2.24) is 19.6 Å². The van der Waals surface area contributed by atoms with Gasteiger partial charge in [0.25, 0.3) is 0 Å². The van der Waals surface area contributed by atoms with Crippen molar-refractivity contribution in [3.63, 3.8) is 0 Å². The summed E-state index contributed by atoms with van der Waals surface area (Å²) in [5.41, 5.74) is 2.39. The van der Waals surface area contributed by atoms with Gasteiger partial charge in [-0.1, -0.05) is 13.8 Å². The van der Waals surface area contributed by atoms with E-state index in [0.717, 1.165) is 18.1 Å². The van der Waals surface area contributed by atoms with E-state index in [9.17, 15) is 4.39 Å².